The van der Waals surface area contributed by atoms with Gasteiger partial charge >= 0.3 is 5.97 Å². The molecule has 128 valence electrons. The van der Waals surface area contributed by atoms with Crippen molar-refractivity contribution >= 4 is 38.5 Å². The molecule has 0 atom stereocenters. The molecule has 0 spiro atoms. The molecule has 1 N–H and O–H groups in total. The SMILES string of the molecule is CCN(CC(=O)O)C1CCN(c2ccnc3cc(Br)ccc23)CC1. The number of likely N-dealkylation sites (N-methyl/N-ethyl adjacent to an activating group) is 1. The molecule has 0 aliphatic carbocycles. The van der Waals surface area contributed by atoms with Gasteiger partial charge in [0.15, 0.2) is 0 Å². The molecule has 0 bridgehead atoms. The molecule has 0 radical (unpaired) electrons. The van der Waals surface area contributed by atoms with E-state index in [1.165, 1.54) is 5.69 Å². The number of nitrogens with zero attached hydrogens (tertiary/aromatic N) is 3. The fourth-order valence-corrected chi connectivity index (χ4v) is 3.88. The first kappa shape index (κ1) is 17.2. The topological polar surface area (TPSA) is 56.7 Å². The lowest BCUT2D eigenvalue weighted by Crippen LogP contribution is -2.46. The smallest absolute Gasteiger partial charge is 0.317 e. The molecule has 6 heteroatoms. The molecule has 1 aliphatic rings. The second-order valence-electron chi connectivity index (χ2n) is 6.17. The number of benzene rings is 1. The van der Waals surface area contributed by atoms with E-state index in [1.807, 2.05) is 25.3 Å². The zero-order chi connectivity index (χ0) is 17.1. The van der Waals surface area contributed by atoms with Crippen LogP contribution >= 0.6 is 15.9 Å². The van der Waals surface area contributed by atoms with Gasteiger partial charge in [-0.05, 0) is 43.7 Å². The number of fused-ring (bicyclic) bond motifs is 1. The predicted octanol–water partition coefficient (Wildman–Crippen LogP) is 3.37. The van der Waals surface area contributed by atoms with Crippen LogP contribution in [0, 0.1) is 0 Å². The first-order valence-electron chi connectivity index (χ1n) is 8.33. The van der Waals surface area contributed by atoms with E-state index < -0.39 is 5.97 Å². The predicted molar refractivity (Wildman–Crippen MR) is 99.6 cm³/mol. The fourth-order valence-electron chi connectivity index (χ4n) is 3.53. The number of anilines is 1. The quantitative estimate of drug-likeness (QED) is 0.846. The molecule has 2 heterocycles. The normalized spacial score (nSPS) is 16.0. The van der Waals surface area contributed by atoms with Crippen molar-refractivity contribution in [2.75, 3.05) is 31.1 Å². The van der Waals surface area contributed by atoms with Crippen molar-refractivity contribution in [1.29, 1.82) is 0 Å². The highest BCUT2D eigenvalue weighted by Gasteiger charge is 2.25. The van der Waals surface area contributed by atoms with Gasteiger partial charge in [0, 0.05) is 40.9 Å². The van der Waals surface area contributed by atoms with Gasteiger partial charge in [-0.2, -0.15) is 0 Å². The number of aromatic nitrogens is 1. The van der Waals surface area contributed by atoms with Gasteiger partial charge in [-0.3, -0.25) is 14.7 Å². The van der Waals surface area contributed by atoms with Gasteiger partial charge in [-0.1, -0.05) is 22.9 Å². The highest BCUT2D eigenvalue weighted by Crippen LogP contribution is 2.30. The molecule has 0 amide bonds. The number of aliphatic carboxylic acids is 1. The lowest BCUT2D eigenvalue weighted by Gasteiger charge is -2.38. The van der Waals surface area contributed by atoms with Crippen molar-refractivity contribution in [2.45, 2.75) is 25.8 Å². The zero-order valence-corrected chi connectivity index (χ0v) is 15.4. The molecule has 3 rings (SSSR count). The van der Waals surface area contributed by atoms with E-state index in [1.54, 1.807) is 0 Å². The van der Waals surface area contributed by atoms with E-state index in [0.29, 0.717) is 6.04 Å². The summed E-state index contributed by atoms with van der Waals surface area (Å²) in [6.07, 6.45) is 3.84. The maximum Gasteiger partial charge on any atom is 0.317 e. The summed E-state index contributed by atoms with van der Waals surface area (Å²) in [7, 11) is 0. The van der Waals surface area contributed by atoms with Crippen LogP contribution in [0.3, 0.4) is 0 Å². The van der Waals surface area contributed by atoms with Crippen molar-refractivity contribution in [3.05, 3.63) is 34.9 Å². The Morgan fingerprint density at radius 1 is 1.38 bits per heavy atom. The minimum atomic E-state index is -0.745. The highest BCUT2D eigenvalue weighted by molar-refractivity contribution is 9.10. The molecule has 1 aromatic carbocycles. The number of rotatable bonds is 5. The Kier molecular flexibility index (Phi) is 5.36. The summed E-state index contributed by atoms with van der Waals surface area (Å²) in [6, 6.07) is 8.62. The van der Waals surface area contributed by atoms with E-state index >= 15 is 0 Å². The van der Waals surface area contributed by atoms with Crippen LogP contribution in [0.25, 0.3) is 10.9 Å². The average molecular weight is 392 g/mol. The van der Waals surface area contributed by atoms with Gasteiger partial charge in [-0.15, -0.1) is 0 Å². The summed E-state index contributed by atoms with van der Waals surface area (Å²) in [5.41, 5.74) is 2.21. The van der Waals surface area contributed by atoms with Crippen LogP contribution in [0.5, 0.6) is 0 Å². The Balaban J connectivity index is 1.74. The van der Waals surface area contributed by atoms with Gasteiger partial charge in [0.1, 0.15) is 0 Å². The molecular formula is C18H22BrN3O2. The second kappa shape index (κ2) is 7.49. The van der Waals surface area contributed by atoms with Gasteiger partial charge in [0.05, 0.1) is 12.1 Å². The molecule has 1 aliphatic heterocycles. The van der Waals surface area contributed by atoms with E-state index in [9.17, 15) is 4.79 Å². The minimum Gasteiger partial charge on any atom is -0.480 e. The summed E-state index contributed by atoms with van der Waals surface area (Å²) in [5.74, 6) is -0.745. The van der Waals surface area contributed by atoms with Gasteiger partial charge in [0.25, 0.3) is 0 Å². The third-order valence-electron chi connectivity index (χ3n) is 4.75. The number of carbonyl (C=O) groups is 1. The molecule has 1 fully saturated rings. The molecule has 0 saturated carbocycles. The number of pyridine rings is 1. The fraction of sp³-hybridized carbons (Fsp3) is 0.444. The number of hydrogen-bond acceptors (Lipinski definition) is 4. The van der Waals surface area contributed by atoms with E-state index in [4.69, 9.17) is 5.11 Å². The summed E-state index contributed by atoms with van der Waals surface area (Å²) >= 11 is 3.50. The van der Waals surface area contributed by atoms with Gasteiger partial charge in [0.2, 0.25) is 0 Å². The largest absolute Gasteiger partial charge is 0.480 e. The summed E-state index contributed by atoms with van der Waals surface area (Å²) < 4.78 is 1.03. The van der Waals surface area contributed by atoms with Crippen LogP contribution in [0.4, 0.5) is 5.69 Å². The van der Waals surface area contributed by atoms with Crippen LogP contribution in [0.1, 0.15) is 19.8 Å². The van der Waals surface area contributed by atoms with Crippen molar-refractivity contribution in [3.63, 3.8) is 0 Å². The molecule has 5 nitrogen and oxygen atoms in total. The monoisotopic (exact) mass is 391 g/mol. The van der Waals surface area contributed by atoms with Gasteiger partial charge in [-0.25, -0.2) is 0 Å². The van der Waals surface area contributed by atoms with E-state index in [2.05, 4.69) is 42.8 Å². The lowest BCUT2D eigenvalue weighted by molar-refractivity contribution is -0.139. The van der Waals surface area contributed by atoms with Crippen molar-refractivity contribution in [1.82, 2.24) is 9.88 Å². The van der Waals surface area contributed by atoms with Crippen LogP contribution in [0.15, 0.2) is 34.9 Å². The Hall–Kier alpha value is -1.66. The third-order valence-corrected chi connectivity index (χ3v) is 5.24. The number of piperidine rings is 1. The maximum absolute atomic E-state index is 11.0. The van der Waals surface area contributed by atoms with Crippen LogP contribution in [0.2, 0.25) is 0 Å². The molecule has 24 heavy (non-hydrogen) atoms. The second-order valence-corrected chi connectivity index (χ2v) is 7.08. The molecule has 1 saturated heterocycles. The highest BCUT2D eigenvalue weighted by atomic mass is 79.9. The van der Waals surface area contributed by atoms with Crippen LogP contribution < -0.4 is 4.90 Å². The van der Waals surface area contributed by atoms with Gasteiger partial charge < -0.3 is 10.0 Å². The van der Waals surface area contributed by atoms with Crippen molar-refractivity contribution < 1.29 is 9.90 Å². The minimum absolute atomic E-state index is 0.132. The first-order valence-corrected chi connectivity index (χ1v) is 9.13. The Bertz CT molecular complexity index is 729. The maximum atomic E-state index is 11.0. The molecular weight excluding hydrogens is 370 g/mol. The molecule has 2 aromatic rings. The Morgan fingerprint density at radius 2 is 2.12 bits per heavy atom. The van der Waals surface area contributed by atoms with Crippen LogP contribution in [-0.2, 0) is 4.79 Å². The number of hydrogen-bond donors (Lipinski definition) is 1. The van der Waals surface area contributed by atoms with Crippen molar-refractivity contribution in [2.24, 2.45) is 0 Å². The standard InChI is InChI=1S/C18H22BrN3O2/c1-2-21(12-18(23)24)14-6-9-22(10-7-14)17-5-8-20-16-11-13(19)3-4-15(16)17/h3-5,8,11,14H,2,6-7,9-10,12H2,1H3,(H,23,24). The molecule has 1 aromatic heterocycles. The van der Waals surface area contributed by atoms with E-state index in [-0.39, 0.29) is 6.54 Å². The van der Waals surface area contributed by atoms with Crippen LogP contribution in [-0.4, -0.2) is 53.2 Å². The first-order chi connectivity index (χ1) is 11.6. The molecule has 0 unspecified atom stereocenters. The van der Waals surface area contributed by atoms with E-state index in [0.717, 1.165) is 47.9 Å². The summed E-state index contributed by atoms with van der Waals surface area (Å²) in [6.45, 7) is 4.83. The number of carboxylic acids is 1. The number of halogens is 1. The summed E-state index contributed by atoms with van der Waals surface area (Å²) in [5, 5.41) is 10.2. The zero-order valence-electron chi connectivity index (χ0n) is 13.8. The number of carboxylic acid groups (broad SMARTS) is 1. The Labute approximate surface area is 150 Å². The average Bonchev–Trinajstić information content (AvgIpc) is 2.59. The third kappa shape index (κ3) is 3.70. The lowest BCUT2D eigenvalue weighted by atomic mass is 10.0. The summed E-state index contributed by atoms with van der Waals surface area (Å²) in [4.78, 5) is 19.9. The Morgan fingerprint density at radius 3 is 2.79 bits per heavy atom. The van der Waals surface area contributed by atoms with Crippen molar-refractivity contribution in [3.8, 4) is 0 Å².